The van der Waals surface area contributed by atoms with Crippen molar-refractivity contribution in [3.8, 4) is 0 Å². The second kappa shape index (κ2) is 4.28. The predicted octanol–water partition coefficient (Wildman–Crippen LogP) is 3.76. The molecule has 0 spiro atoms. The summed E-state index contributed by atoms with van der Waals surface area (Å²) < 4.78 is 0. The topological polar surface area (TPSA) is 3.24 Å². The van der Waals surface area contributed by atoms with Crippen molar-refractivity contribution in [3.05, 3.63) is 34.4 Å². The Bertz CT molecular complexity index is 473. The van der Waals surface area contributed by atoms with E-state index in [1.165, 1.54) is 23.6 Å². The van der Waals surface area contributed by atoms with Crippen LogP contribution in [0, 0.1) is 0 Å². The van der Waals surface area contributed by atoms with Gasteiger partial charge in [0.05, 0.1) is 0 Å². The van der Waals surface area contributed by atoms with Crippen molar-refractivity contribution in [1.82, 2.24) is 4.90 Å². The zero-order valence-corrected chi connectivity index (χ0v) is 12.7. The van der Waals surface area contributed by atoms with E-state index in [0.29, 0.717) is 0 Å². The Morgan fingerprint density at radius 1 is 1.22 bits per heavy atom. The summed E-state index contributed by atoms with van der Waals surface area (Å²) in [4.78, 5) is 2.48. The average Bonchev–Trinajstić information content (AvgIpc) is 2.27. The number of rotatable bonds is 0. The summed E-state index contributed by atoms with van der Waals surface area (Å²) in [6.45, 7) is 9.33. The van der Waals surface area contributed by atoms with Crippen molar-refractivity contribution in [2.45, 2.75) is 44.4 Å². The van der Waals surface area contributed by atoms with Crippen molar-refractivity contribution in [1.29, 1.82) is 0 Å². The fraction of sp³-hybridized carbons (Fsp3) is 0.625. The van der Waals surface area contributed by atoms with Crippen molar-refractivity contribution in [3.63, 3.8) is 0 Å². The van der Waals surface area contributed by atoms with Gasteiger partial charge in [-0.25, -0.2) is 0 Å². The van der Waals surface area contributed by atoms with Gasteiger partial charge in [0.15, 0.2) is 0 Å². The maximum Gasteiger partial charge on any atom is 0.0234 e. The molecule has 0 aliphatic carbocycles. The molecule has 0 radical (unpaired) electrons. The number of hydrogen-bond acceptors (Lipinski definition) is 2. The Morgan fingerprint density at radius 2 is 1.94 bits per heavy atom. The molecule has 18 heavy (non-hydrogen) atoms. The van der Waals surface area contributed by atoms with Crippen LogP contribution in [0.15, 0.2) is 12.1 Å². The SMILES string of the molecule is CN1Cc2cc(C(C)(C)C)cc3c2C(CSC3)C1. The lowest BCUT2D eigenvalue weighted by Crippen LogP contribution is -2.34. The molecule has 98 valence electrons. The van der Waals surface area contributed by atoms with E-state index in [0.717, 1.165) is 12.5 Å². The molecule has 0 saturated carbocycles. The monoisotopic (exact) mass is 261 g/mol. The lowest BCUT2D eigenvalue weighted by Gasteiger charge is -2.38. The van der Waals surface area contributed by atoms with E-state index in [2.05, 4.69) is 56.6 Å². The quantitative estimate of drug-likeness (QED) is 0.699. The normalized spacial score (nSPS) is 23.9. The zero-order valence-electron chi connectivity index (χ0n) is 11.9. The first-order chi connectivity index (χ1) is 8.45. The third-order valence-electron chi connectivity index (χ3n) is 4.17. The minimum Gasteiger partial charge on any atom is -0.301 e. The van der Waals surface area contributed by atoms with Gasteiger partial charge in [0.2, 0.25) is 0 Å². The number of nitrogens with zero attached hydrogens (tertiary/aromatic N) is 1. The first-order valence-electron chi connectivity index (χ1n) is 6.87. The summed E-state index contributed by atoms with van der Waals surface area (Å²) in [7, 11) is 2.26. The third kappa shape index (κ3) is 2.10. The number of hydrogen-bond donors (Lipinski definition) is 0. The third-order valence-corrected chi connectivity index (χ3v) is 5.33. The van der Waals surface area contributed by atoms with Gasteiger partial charge >= 0.3 is 0 Å². The molecule has 0 aromatic heterocycles. The smallest absolute Gasteiger partial charge is 0.0234 e. The van der Waals surface area contributed by atoms with Crippen LogP contribution in [0.25, 0.3) is 0 Å². The van der Waals surface area contributed by atoms with Crippen LogP contribution in [0.2, 0.25) is 0 Å². The Labute approximate surface area is 115 Å². The van der Waals surface area contributed by atoms with E-state index in [-0.39, 0.29) is 5.41 Å². The molecule has 2 heterocycles. The van der Waals surface area contributed by atoms with E-state index in [1.54, 1.807) is 16.7 Å². The van der Waals surface area contributed by atoms with Gasteiger partial charge in [-0.2, -0.15) is 11.8 Å². The van der Waals surface area contributed by atoms with Crippen molar-refractivity contribution < 1.29 is 0 Å². The predicted molar refractivity (Wildman–Crippen MR) is 80.4 cm³/mol. The average molecular weight is 261 g/mol. The van der Waals surface area contributed by atoms with Crippen LogP contribution in [0.3, 0.4) is 0 Å². The fourth-order valence-corrected chi connectivity index (χ4v) is 4.39. The maximum absolute atomic E-state index is 2.48. The number of thioether (sulfide) groups is 1. The molecule has 1 aromatic carbocycles. The Morgan fingerprint density at radius 3 is 2.67 bits per heavy atom. The lowest BCUT2D eigenvalue weighted by molar-refractivity contribution is 0.288. The van der Waals surface area contributed by atoms with E-state index in [4.69, 9.17) is 0 Å². The van der Waals surface area contributed by atoms with Crippen LogP contribution in [-0.4, -0.2) is 24.2 Å². The molecule has 0 amide bonds. The van der Waals surface area contributed by atoms with Crippen LogP contribution in [-0.2, 0) is 17.7 Å². The molecule has 3 rings (SSSR count). The largest absolute Gasteiger partial charge is 0.301 e. The molecule has 0 fully saturated rings. The Balaban J connectivity index is 2.14. The highest BCUT2D eigenvalue weighted by Gasteiger charge is 2.30. The summed E-state index contributed by atoms with van der Waals surface area (Å²) in [5.74, 6) is 3.28. The van der Waals surface area contributed by atoms with E-state index in [1.807, 2.05) is 0 Å². The molecular weight excluding hydrogens is 238 g/mol. The number of likely N-dealkylation sites (N-methyl/N-ethyl adjacent to an activating group) is 1. The lowest BCUT2D eigenvalue weighted by atomic mass is 9.80. The molecule has 1 unspecified atom stereocenters. The van der Waals surface area contributed by atoms with Gasteiger partial charge in [-0.3, -0.25) is 0 Å². The highest BCUT2D eigenvalue weighted by atomic mass is 32.2. The molecular formula is C16H23NS. The van der Waals surface area contributed by atoms with Gasteiger partial charge in [0, 0.05) is 30.5 Å². The van der Waals surface area contributed by atoms with Gasteiger partial charge in [-0.15, -0.1) is 0 Å². The molecule has 1 aromatic rings. The molecule has 2 aliphatic rings. The summed E-state index contributed by atoms with van der Waals surface area (Å²) in [5, 5.41) is 0. The molecule has 1 atom stereocenters. The second-order valence-corrected chi connectivity index (χ2v) is 7.90. The van der Waals surface area contributed by atoms with Crippen LogP contribution >= 0.6 is 11.8 Å². The van der Waals surface area contributed by atoms with Crippen molar-refractivity contribution >= 4 is 11.8 Å². The van der Waals surface area contributed by atoms with Gasteiger partial charge in [-0.1, -0.05) is 32.9 Å². The number of benzene rings is 1. The molecule has 1 nitrogen and oxygen atoms in total. The zero-order chi connectivity index (χ0) is 12.9. The molecule has 2 aliphatic heterocycles. The van der Waals surface area contributed by atoms with E-state index < -0.39 is 0 Å². The summed E-state index contributed by atoms with van der Waals surface area (Å²) >= 11 is 2.11. The van der Waals surface area contributed by atoms with Crippen LogP contribution < -0.4 is 0 Å². The van der Waals surface area contributed by atoms with E-state index >= 15 is 0 Å². The molecule has 0 bridgehead atoms. The Kier molecular flexibility index (Phi) is 2.98. The highest BCUT2D eigenvalue weighted by molar-refractivity contribution is 7.98. The standard InChI is InChI=1S/C16H23NS/c1-16(2,3)14-5-11-7-17(4)8-13-10-18-9-12(6-14)15(11)13/h5-6,13H,7-10H2,1-4H3. The molecule has 0 N–H and O–H groups in total. The summed E-state index contributed by atoms with van der Waals surface area (Å²) in [6.07, 6.45) is 0. The highest BCUT2D eigenvalue weighted by Crippen LogP contribution is 2.41. The second-order valence-electron chi connectivity index (χ2n) is 6.87. The van der Waals surface area contributed by atoms with Gasteiger partial charge in [0.1, 0.15) is 0 Å². The van der Waals surface area contributed by atoms with Crippen molar-refractivity contribution in [2.24, 2.45) is 0 Å². The minimum absolute atomic E-state index is 0.263. The molecule has 0 saturated heterocycles. The van der Waals surface area contributed by atoms with Crippen molar-refractivity contribution in [2.75, 3.05) is 19.3 Å². The van der Waals surface area contributed by atoms with Crippen LogP contribution in [0.5, 0.6) is 0 Å². The van der Waals surface area contributed by atoms with E-state index in [9.17, 15) is 0 Å². The van der Waals surface area contributed by atoms with Crippen LogP contribution in [0.4, 0.5) is 0 Å². The molecule has 2 heteroatoms. The van der Waals surface area contributed by atoms with Gasteiger partial charge < -0.3 is 4.90 Å². The Hall–Kier alpha value is -0.470. The first-order valence-corrected chi connectivity index (χ1v) is 8.03. The summed E-state index contributed by atoms with van der Waals surface area (Å²) in [5.41, 5.74) is 6.68. The minimum atomic E-state index is 0.263. The first kappa shape index (κ1) is 12.6. The van der Waals surface area contributed by atoms with Gasteiger partial charge in [-0.05, 0) is 34.7 Å². The van der Waals surface area contributed by atoms with Crippen LogP contribution in [0.1, 0.15) is 48.9 Å². The maximum atomic E-state index is 2.48. The van der Waals surface area contributed by atoms with Gasteiger partial charge in [0.25, 0.3) is 0 Å². The summed E-state index contributed by atoms with van der Waals surface area (Å²) in [6, 6.07) is 4.95. The fourth-order valence-electron chi connectivity index (χ4n) is 3.26.